The summed E-state index contributed by atoms with van der Waals surface area (Å²) in [6.07, 6.45) is 3.89. The molecule has 1 aromatic carbocycles. The van der Waals surface area contributed by atoms with Crippen LogP contribution in [0.5, 0.6) is 0 Å². The number of nitriles is 1. The lowest BCUT2D eigenvalue weighted by atomic mass is 9.89. The maximum absolute atomic E-state index is 8.91. The van der Waals surface area contributed by atoms with Crippen molar-refractivity contribution in [2.24, 2.45) is 0 Å². The first-order valence-corrected chi connectivity index (χ1v) is 7.72. The molecule has 1 aliphatic heterocycles. The highest BCUT2D eigenvalue weighted by Gasteiger charge is 2.41. The van der Waals surface area contributed by atoms with Crippen LogP contribution in [-0.2, 0) is 9.47 Å². The monoisotopic (exact) mass is 306 g/mol. The Labute approximate surface area is 130 Å². The minimum absolute atomic E-state index is 0.328. The lowest BCUT2D eigenvalue weighted by molar-refractivity contribution is -0.178. The molecule has 0 aromatic heterocycles. The molecule has 1 saturated carbocycles. The molecule has 1 heterocycles. The van der Waals surface area contributed by atoms with E-state index in [0.29, 0.717) is 29.8 Å². The standard InChI is InChI=1S/C16H19ClN2O2/c1-19(15-3-2-12(11-18)10-14(15)17)13-4-6-16(7-5-13)20-8-9-21-16/h2-3,10,13H,4-9H2,1H3. The van der Waals surface area contributed by atoms with Crippen molar-refractivity contribution in [3.63, 3.8) is 0 Å². The van der Waals surface area contributed by atoms with Gasteiger partial charge < -0.3 is 14.4 Å². The molecule has 2 aliphatic rings. The van der Waals surface area contributed by atoms with Crippen molar-refractivity contribution in [1.82, 2.24) is 0 Å². The van der Waals surface area contributed by atoms with Gasteiger partial charge in [-0.05, 0) is 31.0 Å². The Morgan fingerprint density at radius 3 is 2.52 bits per heavy atom. The van der Waals surface area contributed by atoms with E-state index >= 15 is 0 Å². The van der Waals surface area contributed by atoms with E-state index in [1.807, 2.05) is 12.1 Å². The van der Waals surface area contributed by atoms with Crippen LogP contribution in [0.15, 0.2) is 18.2 Å². The second-order valence-corrected chi connectivity index (χ2v) is 6.13. The number of benzene rings is 1. The molecular weight excluding hydrogens is 288 g/mol. The van der Waals surface area contributed by atoms with E-state index in [-0.39, 0.29) is 5.79 Å². The van der Waals surface area contributed by atoms with Crippen molar-refractivity contribution in [1.29, 1.82) is 5.26 Å². The molecular formula is C16H19ClN2O2. The SMILES string of the molecule is CN(c1ccc(C#N)cc1Cl)C1CCC2(CC1)OCCO2. The molecule has 2 fully saturated rings. The van der Waals surface area contributed by atoms with Gasteiger partial charge in [0.05, 0.1) is 35.6 Å². The predicted octanol–water partition coefficient (Wildman–Crippen LogP) is 3.33. The van der Waals surface area contributed by atoms with Crippen LogP contribution in [0, 0.1) is 11.3 Å². The summed E-state index contributed by atoms with van der Waals surface area (Å²) < 4.78 is 11.5. The van der Waals surface area contributed by atoms with Crippen molar-refractivity contribution in [3.8, 4) is 6.07 Å². The number of halogens is 1. The highest BCUT2D eigenvalue weighted by atomic mass is 35.5. The molecule has 1 saturated heterocycles. The van der Waals surface area contributed by atoms with Crippen molar-refractivity contribution < 1.29 is 9.47 Å². The fraction of sp³-hybridized carbons (Fsp3) is 0.562. The van der Waals surface area contributed by atoms with Crippen LogP contribution in [-0.4, -0.2) is 32.1 Å². The molecule has 0 unspecified atom stereocenters. The molecule has 4 nitrogen and oxygen atoms in total. The van der Waals surface area contributed by atoms with Gasteiger partial charge in [0.2, 0.25) is 0 Å². The molecule has 5 heteroatoms. The largest absolute Gasteiger partial charge is 0.370 e. The van der Waals surface area contributed by atoms with Crippen LogP contribution >= 0.6 is 11.6 Å². The fourth-order valence-electron chi connectivity index (χ4n) is 3.27. The van der Waals surface area contributed by atoms with E-state index in [4.69, 9.17) is 26.3 Å². The van der Waals surface area contributed by atoms with E-state index < -0.39 is 0 Å². The summed E-state index contributed by atoms with van der Waals surface area (Å²) in [5.74, 6) is -0.328. The second-order valence-electron chi connectivity index (χ2n) is 5.73. The van der Waals surface area contributed by atoms with Crippen molar-refractivity contribution in [2.75, 3.05) is 25.2 Å². The maximum atomic E-state index is 8.91. The van der Waals surface area contributed by atoms with Crippen LogP contribution in [0.2, 0.25) is 5.02 Å². The fourth-order valence-corrected chi connectivity index (χ4v) is 3.59. The Bertz CT molecular complexity index is 554. The van der Waals surface area contributed by atoms with Gasteiger partial charge in [0, 0.05) is 25.9 Å². The topological polar surface area (TPSA) is 45.5 Å². The molecule has 1 aliphatic carbocycles. The third kappa shape index (κ3) is 2.87. The summed E-state index contributed by atoms with van der Waals surface area (Å²) in [7, 11) is 2.06. The molecule has 0 amide bonds. The lowest BCUT2D eigenvalue weighted by Gasteiger charge is -2.40. The molecule has 3 rings (SSSR count). The summed E-state index contributed by atoms with van der Waals surface area (Å²) in [6, 6.07) is 7.99. The third-order valence-corrected chi connectivity index (χ3v) is 4.84. The highest BCUT2D eigenvalue weighted by Crippen LogP contribution is 2.39. The van der Waals surface area contributed by atoms with Crippen LogP contribution in [0.25, 0.3) is 0 Å². The second kappa shape index (κ2) is 5.84. The first kappa shape index (κ1) is 14.6. The third-order valence-electron chi connectivity index (χ3n) is 4.53. The number of hydrogen-bond donors (Lipinski definition) is 0. The minimum Gasteiger partial charge on any atom is -0.370 e. The number of ether oxygens (including phenoxy) is 2. The van der Waals surface area contributed by atoms with Crippen LogP contribution < -0.4 is 4.90 Å². The predicted molar refractivity (Wildman–Crippen MR) is 81.5 cm³/mol. The van der Waals surface area contributed by atoms with Gasteiger partial charge in [0.1, 0.15) is 0 Å². The van der Waals surface area contributed by atoms with Gasteiger partial charge in [-0.15, -0.1) is 0 Å². The van der Waals surface area contributed by atoms with Gasteiger partial charge in [0.15, 0.2) is 5.79 Å². The Morgan fingerprint density at radius 2 is 1.95 bits per heavy atom. The zero-order valence-electron chi connectivity index (χ0n) is 12.1. The van der Waals surface area contributed by atoms with Gasteiger partial charge >= 0.3 is 0 Å². The van der Waals surface area contributed by atoms with Gasteiger partial charge in [-0.1, -0.05) is 11.6 Å². The van der Waals surface area contributed by atoms with Crippen LogP contribution in [0.1, 0.15) is 31.2 Å². The molecule has 21 heavy (non-hydrogen) atoms. The number of anilines is 1. The summed E-state index contributed by atoms with van der Waals surface area (Å²) in [5.41, 5.74) is 1.57. The molecule has 0 bridgehead atoms. The summed E-state index contributed by atoms with van der Waals surface area (Å²) in [5, 5.41) is 9.54. The zero-order chi connectivity index (χ0) is 14.9. The van der Waals surface area contributed by atoms with Crippen molar-refractivity contribution in [2.45, 2.75) is 37.5 Å². The first-order valence-electron chi connectivity index (χ1n) is 7.34. The Balaban J connectivity index is 1.69. The van der Waals surface area contributed by atoms with E-state index in [1.54, 1.807) is 6.07 Å². The Morgan fingerprint density at radius 1 is 1.29 bits per heavy atom. The maximum Gasteiger partial charge on any atom is 0.168 e. The van der Waals surface area contributed by atoms with Gasteiger partial charge in [-0.2, -0.15) is 5.26 Å². The Kier molecular flexibility index (Phi) is 4.08. The summed E-state index contributed by atoms with van der Waals surface area (Å²) in [4.78, 5) is 2.21. The van der Waals surface area contributed by atoms with Gasteiger partial charge in [0.25, 0.3) is 0 Å². The van der Waals surface area contributed by atoms with Crippen molar-refractivity contribution in [3.05, 3.63) is 28.8 Å². The summed E-state index contributed by atoms with van der Waals surface area (Å²) in [6.45, 7) is 1.42. The molecule has 112 valence electrons. The van der Waals surface area contributed by atoms with Gasteiger partial charge in [-0.3, -0.25) is 0 Å². The normalized spacial score (nSPS) is 21.4. The number of rotatable bonds is 2. The van der Waals surface area contributed by atoms with Crippen LogP contribution in [0.3, 0.4) is 0 Å². The molecule has 0 radical (unpaired) electrons. The molecule has 0 N–H and O–H groups in total. The molecule has 0 atom stereocenters. The molecule has 1 spiro atoms. The number of nitrogens with zero attached hydrogens (tertiary/aromatic N) is 2. The minimum atomic E-state index is -0.328. The zero-order valence-corrected chi connectivity index (χ0v) is 12.9. The van der Waals surface area contributed by atoms with E-state index in [0.717, 1.165) is 31.4 Å². The first-order chi connectivity index (χ1) is 10.1. The van der Waals surface area contributed by atoms with Crippen LogP contribution in [0.4, 0.5) is 5.69 Å². The average Bonchev–Trinajstić information content (AvgIpc) is 2.95. The van der Waals surface area contributed by atoms with E-state index in [9.17, 15) is 0 Å². The quantitative estimate of drug-likeness (QED) is 0.840. The van der Waals surface area contributed by atoms with E-state index in [2.05, 4.69) is 18.0 Å². The Hall–Kier alpha value is -1.28. The van der Waals surface area contributed by atoms with Crippen molar-refractivity contribution >= 4 is 17.3 Å². The highest BCUT2D eigenvalue weighted by molar-refractivity contribution is 6.33. The smallest absolute Gasteiger partial charge is 0.168 e. The van der Waals surface area contributed by atoms with Gasteiger partial charge in [-0.25, -0.2) is 0 Å². The van der Waals surface area contributed by atoms with E-state index in [1.165, 1.54) is 0 Å². The average molecular weight is 307 g/mol. The molecule has 1 aromatic rings. The summed E-state index contributed by atoms with van der Waals surface area (Å²) >= 11 is 6.30. The number of hydrogen-bond acceptors (Lipinski definition) is 4. The lowest BCUT2D eigenvalue weighted by Crippen LogP contribution is -2.43.